The van der Waals surface area contributed by atoms with Crippen molar-refractivity contribution in [3.63, 3.8) is 0 Å². The van der Waals surface area contributed by atoms with Gasteiger partial charge in [0.1, 0.15) is 5.82 Å². The second kappa shape index (κ2) is 9.98. The molecule has 0 saturated carbocycles. The zero-order chi connectivity index (χ0) is 23.5. The lowest BCUT2D eigenvalue weighted by Gasteiger charge is -2.34. The fourth-order valence-electron chi connectivity index (χ4n) is 4.78. The van der Waals surface area contributed by atoms with Gasteiger partial charge in [0.15, 0.2) is 0 Å². The van der Waals surface area contributed by atoms with Gasteiger partial charge in [-0.3, -0.25) is 14.4 Å². The largest absolute Gasteiger partial charge is 0.355 e. The lowest BCUT2D eigenvalue weighted by Crippen LogP contribution is -2.47. The lowest BCUT2D eigenvalue weighted by atomic mass is 9.91. The number of hydrogen-bond donors (Lipinski definition) is 1. The molecule has 2 fully saturated rings. The molecule has 0 spiro atoms. The van der Waals surface area contributed by atoms with Gasteiger partial charge in [-0.15, -0.1) is 0 Å². The summed E-state index contributed by atoms with van der Waals surface area (Å²) >= 11 is 0. The number of piperidine rings is 1. The van der Waals surface area contributed by atoms with Crippen LogP contribution in [0.15, 0.2) is 24.3 Å². The molecule has 7 nitrogen and oxygen atoms in total. The monoisotopic (exact) mass is 446 g/mol. The van der Waals surface area contributed by atoms with Crippen molar-refractivity contribution < 1.29 is 18.8 Å². The minimum atomic E-state index is -0.473. The SMILES string of the molecule is CN(C)CC(C)(C)CNC(=O)C1CCN(C(=O)C2CC(=O)N(c3ccccc3F)C2)CC1. The molecule has 0 bridgehead atoms. The first-order valence-electron chi connectivity index (χ1n) is 11.3. The van der Waals surface area contributed by atoms with Gasteiger partial charge in [0.2, 0.25) is 17.7 Å². The molecule has 0 aromatic heterocycles. The summed E-state index contributed by atoms with van der Waals surface area (Å²) in [4.78, 5) is 43.3. The minimum absolute atomic E-state index is 0.0189. The van der Waals surface area contributed by atoms with Crippen LogP contribution in [0, 0.1) is 23.1 Å². The van der Waals surface area contributed by atoms with E-state index in [-0.39, 0.29) is 47.7 Å². The highest BCUT2D eigenvalue weighted by atomic mass is 19.1. The van der Waals surface area contributed by atoms with Gasteiger partial charge in [0.05, 0.1) is 11.6 Å². The van der Waals surface area contributed by atoms with Gasteiger partial charge in [-0.05, 0) is 44.5 Å². The van der Waals surface area contributed by atoms with Crippen LogP contribution in [0.2, 0.25) is 0 Å². The Morgan fingerprint density at radius 3 is 2.44 bits per heavy atom. The van der Waals surface area contributed by atoms with Crippen molar-refractivity contribution in [2.24, 2.45) is 17.3 Å². The molecule has 2 aliphatic rings. The molecule has 176 valence electrons. The number of halogens is 1. The van der Waals surface area contributed by atoms with Gasteiger partial charge < -0.3 is 20.0 Å². The number of benzene rings is 1. The molecule has 0 aliphatic carbocycles. The van der Waals surface area contributed by atoms with E-state index in [0.29, 0.717) is 32.5 Å². The molecule has 8 heteroatoms. The quantitative estimate of drug-likeness (QED) is 0.697. The molecule has 1 aromatic carbocycles. The number of nitrogens with zero attached hydrogens (tertiary/aromatic N) is 3. The second-order valence-electron chi connectivity index (χ2n) is 10.1. The van der Waals surface area contributed by atoms with E-state index in [0.717, 1.165) is 6.54 Å². The number of nitrogens with one attached hydrogen (secondary N) is 1. The van der Waals surface area contributed by atoms with Crippen molar-refractivity contribution in [2.75, 3.05) is 51.7 Å². The Hall–Kier alpha value is -2.48. The highest BCUT2D eigenvalue weighted by Gasteiger charge is 2.39. The first kappa shape index (κ1) is 24.2. The molecule has 1 N–H and O–H groups in total. The molecule has 2 aliphatic heterocycles. The normalized spacial score (nSPS) is 20.2. The molecular formula is C24H35FN4O3. The number of carbonyl (C=O) groups is 3. The zero-order valence-electron chi connectivity index (χ0n) is 19.6. The van der Waals surface area contributed by atoms with E-state index in [9.17, 15) is 18.8 Å². The smallest absolute Gasteiger partial charge is 0.228 e. The van der Waals surface area contributed by atoms with Crippen molar-refractivity contribution in [1.29, 1.82) is 0 Å². The predicted molar refractivity (Wildman–Crippen MR) is 122 cm³/mol. The number of amides is 3. The number of para-hydroxylation sites is 1. The summed E-state index contributed by atoms with van der Waals surface area (Å²) in [6.45, 7) is 6.94. The predicted octanol–water partition coefficient (Wildman–Crippen LogP) is 2.12. The van der Waals surface area contributed by atoms with Crippen LogP contribution in [-0.4, -0.2) is 74.3 Å². The Morgan fingerprint density at radius 2 is 1.81 bits per heavy atom. The standard InChI is InChI=1S/C24H35FN4O3/c1-24(2,16-27(3)4)15-26-22(31)17-9-11-28(12-10-17)23(32)18-13-21(30)29(14-18)20-8-6-5-7-19(20)25/h5-8,17-18H,9-16H2,1-4H3,(H,26,31). The van der Waals surface area contributed by atoms with E-state index in [2.05, 4.69) is 24.1 Å². The highest BCUT2D eigenvalue weighted by Crippen LogP contribution is 2.29. The summed E-state index contributed by atoms with van der Waals surface area (Å²) in [6.07, 6.45) is 1.32. The van der Waals surface area contributed by atoms with Crippen LogP contribution >= 0.6 is 0 Å². The number of likely N-dealkylation sites (tertiary alicyclic amines) is 1. The van der Waals surface area contributed by atoms with Crippen LogP contribution in [0.25, 0.3) is 0 Å². The van der Waals surface area contributed by atoms with E-state index < -0.39 is 11.7 Å². The van der Waals surface area contributed by atoms with Gasteiger partial charge in [-0.2, -0.15) is 0 Å². The molecule has 0 radical (unpaired) electrons. The topological polar surface area (TPSA) is 73.0 Å². The molecule has 2 saturated heterocycles. The van der Waals surface area contributed by atoms with E-state index in [1.807, 2.05) is 14.1 Å². The Bertz CT molecular complexity index is 849. The van der Waals surface area contributed by atoms with Gasteiger partial charge in [-0.25, -0.2) is 4.39 Å². The van der Waals surface area contributed by atoms with Crippen LogP contribution in [-0.2, 0) is 14.4 Å². The Labute approximate surface area is 189 Å². The molecule has 3 rings (SSSR count). The van der Waals surface area contributed by atoms with Gasteiger partial charge in [-0.1, -0.05) is 26.0 Å². The average Bonchev–Trinajstić information content (AvgIpc) is 3.12. The Morgan fingerprint density at radius 1 is 1.16 bits per heavy atom. The maximum atomic E-state index is 14.1. The van der Waals surface area contributed by atoms with Crippen molar-refractivity contribution in [2.45, 2.75) is 33.1 Å². The van der Waals surface area contributed by atoms with E-state index >= 15 is 0 Å². The van der Waals surface area contributed by atoms with Crippen LogP contribution in [0.1, 0.15) is 33.1 Å². The summed E-state index contributed by atoms with van der Waals surface area (Å²) < 4.78 is 14.1. The Balaban J connectivity index is 1.49. The third kappa shape index (κ3) is 5.85. The average molecular weight is 447 g/mol. The number of carbonyl (C=O) groups excluding carboxylic acids is 3. The van der Waals surface area contributed by atoms with Crippen molar-refractivity contribution in [3.05, 3.63) is 30.1 Å². The third-order valence-electron chi connectivity index (χ3n) is 6.28. The van der Waals surface area contributed by atoms with Crippen LogP contribution in [0.3, 0.4) is 0 Å². The van der Waals surface area contributed by atoms with Gasteiger partial charge in [0.25, 0.3) is 0 Å². The van der Waals surface area contributed by atoms with Crippen molar-refractivity contribution >= 4 is 23.4 Å². The van der Waals surface area contributed by atoms with Crippen molar-refractivity contribution in [1.82, 2.24) is 15.1 Å². The molecule has 3 amide bonds. The maximum Gasteiger partial charge on any atom is 0.228 e. The summed E-state index contributed by atoms with van der Waals surface area (Å²) in [5.74, 6) is -1.31. The molecule has 1 aromatic rings. The number of hydrogen-bond acceptors (Lipinski definition) is 4. The van der Waals surface area contributed by atoms with Crippen LogP contribution in [0.4, 0.5) is 10.1 Å². The Kier molecular flexibility index (Phi) is 7.54. The minimum Gasteiger partial charge on any atom is -0.355 e. The van der Waals surface area contributed by atoms with Gasteiger partial charge in [0, 0.05) is 45.1 Å². The molecular weight excluding hydrogens is 411 g/mol. The summed E-state index contributed by atoms with van der Waals surface area (Å²) in [6, 6.07) is 6.13. The number of anilines is 1. The molecule has 1 atom stereocenters. The zero-order valence-corrected chi connectivity index (χ0v) is 19.6. The lowest BCUT2D eigenvalue weighted by molar-refractivity contribution is -0.139. The second-order valence-corrected chi connectivity index (χ2v) is 10.1. The van der Waals surface area contributed by atoms with E-state index in [4.69, 9.17) is 0 Å². The fourth-order valence-corrected chi connectivity index (χ4v) is 4.78. The highest BCUT2D eigenvalue weighted by molar-refractivity contribution is 6.00. The molecule has 2 heterocycles. The first-order valence-corrected chi connectivity index (χ1v) is 11.3. The molecule has 32 heavy (non-hydrogen) atoms. The summed E-state index contributed by atoms with van der Waals surface area (Å²) in [5.41, 5.74) is 0.204. The summed E-state index contributed by atoms with van der Waals surface area (Å²) in [7, 11) is 4.04. The van der Waals surface area contributed by atoms with E-state index in [1.54, 1.807) is 23.1 Å². The summed E-state index contributed by atoms with van der Waals surface area (Å²) in [5, 5.41) is 3.08. The first-order chi connectivity index (χ1) is 15.1. The molecule has 1 unspecified atom stereocenters. The maximum absolute atomic E-state index is 14.1. The fraction of sp³-hybridized carbons (Fsp3) is 0.625. The number of rotatable bonds is 7. The van der Waals surface area contributed by atoms with Crippen LogP contribution < -0.4 is 10.2 Å². The van der Waals surface area contributed by atoms with Gasteiger partial charge >= 0.3 is 0 Å². The van der Waals surface area contributed by atoms with Crippen LogP contribution in [0.5, 0.6) is 0 Å². The third-order valence-corrected chi connectivity index (χ3v) is 6.28. The van der Waals surface area contributed by atoms with Crippen molar-refractivity contribution in [3.8, 4) is 0 Å². The van der Waals surface area contributed by atoms with E-state index in [1.165, 1.54) is 11.0 Å².